The first-order chi connectivity index (χ1) is 67.8. The average Bonchev–Trinajstić information content (AvgIpc) is 1.47. The smallest absolute Gasteiger partial charge is 0.278 e. The molecular weight excluding hydrogens is 1860 g/mol. The molecule has 40 heteroatoms. The van der Waals surface area contributed by atoms with Crippen LogP contribution in [0.1, 0.15) is 194 Å². The lowest BCUT2D eigenvalue weighted by Gasteiger charge is -2.52. The van der Waals surface area contributed by atoms with Crippen LogP contribution in [0.5, 0.6) is 23.0 Å². The van der Waals surface area contributed by atoms with Crippen molar-refractivity contribution in [2.45, 2.75) is 139 Å². The second-order valence-corrected chi connectivity index (χ2v) is 38.5. The fraction of sp³-hybridized carbons (Fsp3) is 0.373. The molecule has 0 saturated heterocycles. The van der Waals surface area contributed by atoms with Gasteiger partial charge in [0.2, 0.25) is 21.7 Å². The molecule has 4 spiro atoms. The summed E-state index contributed by atoms with van der Waals surface area (Å²) in [4.78, 5) is 165. The molecule has 0 bridgehead atoms. The summed E-state index contributed by atoms with van der Waals surface area (Å²) >= 11 is 0. The Hall–Kier alpha value is -15.3. The third-order valence-corrected chi connectivity index (χ3v) is 31.4. The highest BCUT2D eigenvalue weighted by Crippen LogP contribution is 2.65. The Kier molecular flexibility index (Phi) is 24.3. The third kappa shape index (κ3) is 15.9. The number of carbonyl (C=O) groups excluding carboxylic acids is 8. The Morgan fingerprint density at radius 3 is 0.789 bits per heavy atom. The standard InChI is InChI=1S/2C29H28F2N4O4.2C22H22F2N4O4/c2*1-33-28(38)24-26(39-16-17-6-4-3-5-7-17)25(36)21(27(37)32-14-19-8-9-20(30)13-23(19)31)15-35(24)34(2)29(33)11-10-18-12-22(18)29;2*1-26-21(32)17-19(30)18(29)14(20(31)25-9-12-3-4-13(23)8-16(12)24)10-28(17)27(2)22(26)6-5-11-7-15(11)22/h2*3-9,13,15,18,22H,10-12,14,16H2,1-2H3,(H,32,37);2*3-4,8,10-11,15,30H,5-7,9H2,1-2H3,(H,25,31)/t18-,22+,29+;18-,22+,29-;11-,15+,22+;11-,15+,22-/m1111/s1. The maximum absolute atomic E-state index is 14.1. The maximum atomic E-state index is 14.1. The molecule has 22 rings (SSSR count). The Balaban J connectivity index is 0.000000121. The van der Waals surface area contributed by atoms with Crippen LogP contribution in [0.15, 0.2) is 177 Å². The van der Waals surface area contributed by atoms with E-state index < -0.39 is 138 Å². The van der Waals surface area contributed by atoms with E-state index in [1.807, 2.05) is 94.8 Å². The van der Waals surface area contributed by atoms with Gasteiger partial charge < -0.3 is 60.6 Å². The number of hydrogen-bond acceptors (Lipinski definition) is 20. The maximum Gasteiger partial charge on any atom is 0.278 e. The van der Waals surface area contributed by atoms with E-state index in [0.29, 0.717) is 47.6 Å². The van der Waals surface area contributed by atoms with E-state index in [0.717, 1.165) is 125 Å². The molecule has 4 aromatic heterocycles. The van der Waals surface area contributed by atoms with Gasteiger partial charge in [-0.2, -0.15) is 0 Å². The predicted octanol–water partition coefficient (Wildman–Crippen LogP) is 9.91. The van der Waals surface area contributed by atoms with Crippen molar-refractivity contribution >= 4 is 47.3 Å². The van der Waals surface area contributed by atoms with E-state index in [-0.39, 0.29) is 142 Å². The summed E-state index contributed by atoms with van der Waals surface area (Å²) in [6.45, 7) is -1.03. The average molecular weight is 1960 g/mol. The van der Waals surface area contributed by atoms with Crippen molar-refractivity contribution in [2.75, 3.05) is 76.4 Å². The zero-order chi connectivity index (χ0) is 101. The van der Waals surface area contributed by atoms with Crippen molar-refractivity contribution < 1.29 is 93.2 Å². The molecular formula is C102H100F8N16O16. The number of halogens is 8. The van der Waals surface area contributed by atoms with Crippen LogP contribution in [-0.2, 0) is 39.4 Å². The number of hydrogen-bond donors (Lipinski definition) is 6. The Labute approximate surface area is 806 Å². The number of ether oxygens (including phenoxy) is 2. The van der Waals surface area contributed by atoms with Gasteiger partial charge in [-0.1, -0.05) is 84.9 Å². The number of benzene rings is 6. The SMILES string of the molecule is CN1C(=O)c2c(O)c(=O)c(C(=O)NCc3ccc(F)cc3F)cn2N(C)[C@@]12CC[C@@H]1C[C@@H]12.CN1C(=O)c2c(O)c(=O)c(C(=O)NCc3ccc(F)cc3F)cn2N(C)[C@]12CC[C@@H]1C[C@@H]12.CN1C(=O)c2c(OCc3ccccc3)c(=O)c(C(=O)NCc3ccc(F)cc3F)cn2N(C)[C@@]12CC[C@@H]1C[C@@H]12.CN1C(=O)c2c(OCc3ccccc3)c(=O)c(C(=O)NCc3ccc(F)cc3F)cn2N(C)[C@]12CC[C@@H]1C[C@@H]12. The van der Waals surface area contributed by atoms with E-state index in [9.17, 15) is 103 Å². The molecule has 8 saturated carbocycles. The lowest BCUT2D eigenvalue weighted by molar-refractivity contribution is 0.0320. The highest BCUT2D eigenvalue weighted by molar-refractivity contribution is 6.03. The van der Waals surface area contributed by atoms with Gasteiger partial charge in [0.25, 0.3) is 47.3 Å². The Morgan fingerprint density at radius 2 is 0.563 bits per heavy atom. The van der Waals surface area contributed by atoms with E-state index in [1.54, 1.807) is 71.2 Å². The quantitative estimate of drug-likeness (QED) is 0.0435. The van der Waals surface area contributed by atoms with Crippen molar-refractivity contribution in [1.29, 1.82) is 0 Å². The van der Waals surface area contributed by atoms with Crippen LogP contribution >= 0.6 is 0 Å². The van der Waals surface area contributed by atoms with Gasteiger partial charge in [0.05, 0.1) is 0 Å². The van der Waals surface area contributed by atoms with Crippen molar-refractivity contribution in [3.05, 3.63) is 324 Å². The van der Waals surface area contributed by atoms with Crippen LogP contribution in [0.3, 0.4) is 0 Å². The van der Waals surface area contributed by atoms with E-state index in [2.05, 4.69) is 21.3 Å². The van der Waals surface area contributed by atoms with Crippen molar-refractivity contribution in [3.63, 3.8) is 0 Å². The molecule has 6 N–H and O–H groups in total. The molecule has 12 atom stereocenters. The lowest BCUT2D eigenvalue weighted by atomic mass is 9.98. The van der Waals surface area contributed by atoms with Gasteiger partial charge in [0.15, 0.2) is 45.8 Å². The molecule has 8 heterocycles. The first kappa shape index (κ1) is 95.6. The van der Waals surface area contributed by atoms with Gasteiger partial charge in [-0.25, -0.2) is 35.1 Å². The Bertz CT molecular complexity index is 6800. The first-order valence-corrected chi connectivity index (χ1v) is 46.6. The minimum atomic E-state index is -0.991. The summed E-state index contributed by atoms with van der Waals surface area (Å²) in [7, 11) is 14.1. The summed E-state index contributed by atoms with van der Waals surface area (Å²) in [5.41, 5.74) is -5.48. The zero-order valence-corrected chi connectivity index (χ0v) is 78.4. The Morgan fingerprint density at radius 1 is 0.331 bits per heavy atom. The van der Waals surface area contributed by atoms with Crippen LogP contribution in [0, 0.1) is 93.9 Å². The van der Waals surface area contributed by atoms with Crippen LogP contribution in [0.2, 0.25) is 0 Å². The van der Waals surface area contributed by atoms with Gasteiger partial charge in [0.1, 0.15) is 105 Å². The molecule has 8 fully saturated rings. The zero-order valence-electron chi connectivity index (χ0n) is 78.4. The van der Waals surface area contributed by atoms with Gasteiger partial charge in [-0.05, 0) is 136 Å². The number of aromatic hydroxyl groups is 2. The van der Waals surface area contributed by atoms with Gasteiger partial charge in [-0.15, -0.1) is 0 Å². The molecule has 32 nitrogen and oxygen atoms in total. The summed E-state index contributed by atoms with van der Waals surface area (Å²) in [6.07, 6.45) is 16.3. The second kappa shape index (κ2) is 36.1. The highest BCUT2D eigenvalue weighted by Gasteiger charge is 2.69. The highest BCUT2D eigenvalue weighted by atomic mass is 19.2. The molecule has 8 aliphatic carbocycles. The number of nitrogens with one attached hydrogen (secondary N) is 4. The van der Waals surface area contributed by atoms with Crippen LogP contribution < -0.4 is 72.5 Å². The number of pyridine rings is 4. The fourth-order valence-electron chi connectivity index (χ4n) is 23.3. The van der Waals surface area contributed by atoms with Gasteiger partial charge in [0, 0.05) is 178 Å². The molecule has 740 valence electrons. The summed E-state index contributed by atoms with van der Waals surface area (Å²) in [5, 5.41) is 38.6. The number of carbonyl (C=O) groups is 8. The van der Waals surface area contributed by atoms with Gasteiger partial charge in [-0.3, -0.25) is 96.3 Å². The number of aromatic nitrogens is 4. The minimum absolute atomic E-state index is 0.0193. The lowest BCUT2D eigenvalue weighted by Crippen LogP contribution is -2.68. The largest absolute Gasteiger partial charge is 0.502 e. The molecule has 10 aromatic rings. The van der Waals surface area contributed by atoms with E-state index >= 15 is 0 Å². The van der Waals surface area contributed by atoms with Crippen molar-refractivity contribution in [1.82, 2.24) is 59.6 Å². The topological polar surface area (TPSA) is 358 Å². The summed E-state index contributed by atoms with van der Waals surface area (Å²) in [5.74, 6) is -9.77. The van der Waals surface area contributed by atoms with E-state index in [4.69, 9.17) is 9.47 Å². The number of nitrogens with zero attached hydrogens (tertiary/aromatic N) is 12. The van der Waals surface area contributed by atoms with Crippen molar-refractivity contribution in [2.24, 2.45) is 47.3 Å². The molecule has 4 aliphatic heterocycles. The predicted molar refractivity (Wildman–Crippen MR) is 497 cm³/mol. The molecule has 12 aliphatic rings. The molecule has 0 unspecified atom stereocenters. The molecule has 142 heavy (non-hydrogen) atoms. The van der Waals surface area contributed by atoms with Crippen LogP contribution in [0.4, 0.5) is 35.1 Å². The molecule has 6 aromatic carbocycles. The summed E-state index contributed by atoms with van der Waals surface area (Å²) < 4.78 is 127. The van der Waals surface area contributed by atoms with Crippen LogP contribution in [-0.4, -0.2) is 175 Å². The molecule has 0 radical (unpaired) electrons. The normalized spacial score (nSPS) is 24.2. The fourth-order valence-corrected chi connectivity index (χ4v) is 23.3. The number of amides is 8. The third-order valence-electron chi connectivity index (χ3n) is 31.4. The van der Waals surface area contributed by atoms with Crippen LogP contribution in [0.25, 0.3) is 0 Å². The van der Waals surface area contributed by atoms with Crippen molar-refractivity contribution in [3.8, 4) is 23.0 Å². The molecule has 8 amide bonds. The number of rotatable bonds is 18. The minimum Gasteiger partial charge on any atom is -0.502 e. The summed E-state index contributed by atoms with van der Waals surface area (Å²) in [6, 6.07) is 30.4. The monoisotopic (exact) mass is 1960 g/mol. The van der Waals surface area contributed by atoms with E-state index in [1.165, 1.54) is 58.4 Å². The number of fused-ring (bicyclic) bond motifs is 12. The van der Waals surface area contributed by atoms with Gasteiger partial charge >= 0.3 is 0 Å². The second-order valence-electron chi connectivity index (χ2n) is 38.5. The first-order valence-electron chi connectivity index (χ1n) is 46.6.